The molecule has 0 spiro atoms. The first kappa shape index (κ1) is 36.5. The normalized spacial score (nSPS) is 13.1. The van der Waals surface area contributed by atoms with E-state index in [0.29, 0.717) is 0 Å². The summed E-state index contributed by atoms with van der Waals surface area (Å²) in [4.78, 5) is 2.39. The molecule has 64 heavy (non-hydrogen) atoms. The molecule has 0 radical (unpaired) electrons. The molecule has 10 aromatic carbocycles. The molecule has 1 aliphatic carbocycles. The fraction of sp³-hybridized carbons (Fsp3) is 0.0492. The van der Waals surface area contributed by atoms with Crippen LogP contribution < -0.4 is 9.64 Å². The van der Waals surface area contributed by atoms with Gasteiger partial charge in [-0.2, -0.15) is 0 Å². The van der Waals surface area contributed by atoms with Crippen molar-refractivity contribution in [1.82, 2.24) is 0 Å². The summed E-state index contributed by atoms with van der Waals surface area (Å²) < 4.78 is 14.0. The molecule has 0 amide bonds. The molecule has 0 unspecified atom stereocenters. The van der Waals surface area contributed by atoms with Crippen molar-refractivity contribution in [3.63, 3.8) is 0 Å². The van der Waals surface area contributed by atoms with E-state index in [4.69, 9.17) is 9.15 Å². The molecule has 11 aromatic rings. The van der Waals surface area contributed by atoms with Crippen LogP contribution in [-0.2, 0) is 5.41 Å². The average Bonchev–Trinajstić information content (AvgIpc) is 3.78. The maximum absolute atomic E-state index is 7.44. The van der Waals surface area contributed by atoms with Crippen molar-refractivity contribution in [1.29, 1.82) is 0 Å². The highest BCUT2D eigenvalue weighted by atomic mass is 16.5. The van der Waals surface area contributed by atoms with Gasteiger partial charge in [0.15, 0.2) is 5.75 Å². The van der Waals surface area contributed by atoms with Gasteiger partial charge in [-0.1, -0.05) is 178 Å². The third kappa shape index (κ3) is 5.47. The molecule has 13 rings (SSSR count). The smallest absolute Gasteiger partial charge is 0.159 e. The van der Waals surface area contributed by atoms with Gasteiger partial charge in [0, 0.05) is 49.8 Å². The van der Waals surface area contributed by atoms with Crippen molar-refractivity contribution >= 4 is 49.8 Å². The lowest BCUT2D eigenvalue weighted by Crippen LogP contribution is -2.17. The number of nitrogens with zero attached hydrogens (tertiary/aromatic N) is 1. The maximum Gasteiger partial charge on any atom is 0.159 e. The van der Waals surface area contributed by atoms with Crippen LogP contribution in [0.5, 0.6) is 11.5 Å². The van der Waals surface area contributed by atoms with Crippen LogP contribution in [0.15, 0.2) is 217 Å². The third-order valence-corrected chi connectivity index (χ3v) is 13.7. The molecular formula is C61H41NO2. The van der Waals surface area contributed by atoms with E-state index in [1.807, 2.05) is 12.1 Å². The van der Waals surface area contributed by atoms with Gasteiger partial charge in [-0.25, -0.2) is 0 Å². The van der Waals surface area contributed by atoms with Gasteiger partial charge in [0.05, 0.1) is 5.69 Å². The Balaban J connectivity index is 1.05. The molecule has 2 aliphatic rings. The summed E-state index contributed by atoms with van der Waals surface area (Å²) >= 11 is 0. The summed E-state index contributed by atoms with van der Waals surface area (Å²) in [6.45, 7) is 4.69. The van der Waals surface area contributed by atoms with Crippen molar-refractivity contribution in [2.24, 2.45) is 0 Å². The van der Waals surface area contributed by atoms with E-state index in [0.717, 1.165) is 100 Å². The molecule has 302 valence electrons. The van der Waals surface area contributed by atoms with Crippen LogP contribution in [0.25, 0.3) is 88.3 Å². The molecule has 1 aromatic heterocycles. The van der Waals surface area contributed by atoms with Crippen molar-refractivity contribution in [2.75, 3.05) is 4.90 Å². The fourth-order valence-electron chi connectivity index (χ4n) is 10.6. The molecule has 0 atom stereocenters. The van der Waals surface area contributed by atoms with E-state index in [1.165, 1.54) is 27.6 Å². The SMILES string of the molecule is CC1(C)c2ccccc2-c2ccc(N(c3ccc(-c4cccc5c4oc4ccccc45)cc3)c3cccc4c3Oc3cc5ccccc5cc3-c3cccc(-c5ccccc5)c3-4)cc21. The number of rotatable bonds is 5. The monoisotopic (exact) mass is 819 g/mol. The minimum absolute atomic E-state index is 0.184. The second-order valence-electron chi connectivity index (χ2n) is 17.6. The number of furan rings is 1. The third-order valence-electron chi connectivity index (χ3n) is 13.7. The Bertz CT molecular complexity index is 3670. The van der Waals surface area contributed by atoms with Crippen LogP contribution in [0.2, 0.25) is 0 Å². The highest BCUT2D eigenvalue weighted by molar-refractivity contribution is 6.10. The lowest BCUT2D eigenvalue weighted by atomic mass is 9.82. The lowest BCUT2D eigenvalue weighted by molar-refractivity contribution is 0.489. The molecule has 0 bridgehead atoms. The van der Waals surface area contributed by atoms with Crippen molar-refractivity contribution in [3.8, 4) is 67.1 Å². The van der Waals surface area contributed by atoms with E-state index >= 15 is 0 Å². The van der Waals surface area contributed by atoms with E-state index in [-0.39, 0.29) is 5.41 Å². The van der Waals surface area contributed by atoms with Crippen LogP contribution in [0, 0.1) is 0 Å². The zero-order valence-corrected chi connectivity index (χ0v) is 35.5. The second kappa shape index (κ2) is 13.9. The second-order valence-corrected chi connectivity index (χ2v) is 17.6. The first-order chi connectivity index (χ1) is 31.5. The van der Waals surface area contributed by atoms with Gasteiger partial charge < -0.3 is 14.1 Å². The zero-order valence-electron chi connectivity index (χ0n) is 35.5. The molecule has 0 N–H and O–H groups in total. The summed E-state index contributed by atoms with van der Waals surface area (Å²) in [5.41, 5.74) is 18.8. The van der Waals surface area contributed by atoms with Crippen LogP contribution in [-0.4, -0.2) is 0 Å². The largest absolute Gasteiger partial charge is 0.455 e. The lowest BCUT2D eigenvalue weighted by Gasteiger charge is -2.30. The predicted octanol–water partition coefficient (Wildman–Crippen LogP) is 17.3. The Kier molecular flexibility index (Phi) is 7.95. The number of benzene rings is 10. The zero-order chi connectivity index (χ0) is 42.5. The van der Waals surface area contributed by atoms with Crippen molar-refractivity contribution < 1.29 is 9.15 Å². The summed E-state index contributed by atoms with van der Waals surface area (Å²) in [7, 11) is 0. The minimum Gasteiger partial charge on any atom is -0.455 e. The Morgan fingerprint density at radius 3 is 1.91 bits per heavy atom. The van der Waals surface area contributed by atoms with Gasteiger partial charge in [-0.05, 0) is 104 Å². The average molecular weight is 820 g/mol. The van der Waals surface area contributed by atoms with Crippen LogP contribution in [0.3, 0.4) is 0 Å². The highest BCUT2D eigenvalue weighted by Crippen LogP contribution is 2.57. The highest BCUT2D eigenvalue weighted by Gasteiger charge is 2.36. The summed E-state index contributed by atoms with van der Waals surface area (Å²) in [5, 5.41) is 4.55. The minimum atomic E-state index is -0.184. The number of hydrogen-bond donors (Lipinski definition) is 0. The Morgan fingerprint density at radius 2 is 1.03 bits per heavy atom. The number of fused-ring (bicyclic) bond motifs is 12. The summed E-state index contributed by atoms with van der Waals surface area (Å²) in [6.07, 6.45) is 0. The van der Waals surface area contributed by atoms with Gasteiger partial charge in [0.25, 0.3) is 0 Å². The predicted molar refractivity (Wildman–Crippen MR) is 265 cm³/mol. The van der Waals surface area contributed by atoms with E-state index in [9.17, 15) is 0 Å². The van der Waals surface area contributed by atoms with Crippen molar-refractivity contribution in [3.05, 3.63) is 223 Å². The Morgan fingerprint density at radius 1 is 0.406 bits per heavy atom. The first-order valence-corrected chi connectivity index (χ1v) is 22.1. The maximum atomic E-state index is 7.44. The summed E-state index contributed by atoms with van der Waals surface area (Å²) in [6, 6.07) is 76.6. The standard InChI is InChI=1S/C61H41NO2/c1-61(2)53-26-10-8-19-46(53)47-34-33-43(37-54(47)61)62(42-31-29-39(30-32-42)45-22-13-24-50-48-20-9-11-28-56(48)63-59(45)50)55-27-14-25-51-58-44(38-15-4-3-5-16-38)21-12-23-49(58)52-35-40-17-6-7-18-41(40)36-57(52)64-60(51)55/h3-37H,1-2H3. The van der Waals surface area contributed by atoms with Gasteiger partial charge in [-0.3, -0.25) is 0 Å². The number of ether oxygens (including phenoxy) is 1. The fourth-order valence-corrected chi connectivity index (χ4v) is 10.6. The van der Waals surface area contributed by atoms with E-state index in [2.05, 4.69) is 219 Å². The van der Waals surface area contributed by atoms with Crippen molar-refractivity contribution in [2.45, 2.75) is 19.3 Å². The quantitative estimate of drug-likeness (QED) is 0.173. The Labute approximate surface area is 372 Å². The van der Waals surface area contributed by atoms with Crippen LogP contribution >= 0.6 is 0 Å². The molecule has 0 saturated carbocycles. The molecule has 0 saturated heterocycles. The van der Waals surface area contributed by atoms with Crippen LogP contribution in [0.4, 0.5) is 17.1 Å². The summed E-state index contributed by atoms with van der Waals surface area (Å²) in [5.74, 6) is 1.64. The van der Waals surface area contributed by atoms with E-state index in [1.54, 1.807) is 0 Å². The molecule has 3 nitrogen and oxygen atoms in total. The Hall–Kier alpha value is -8.14. The van der Waals surface area contributed by atoms with Gasteiger partial charge in [0.1, 0.15) is 16.9 Å². The van der Waals surface area contributed by atoms with Gasteiger partial charge >= 0.3 is 0 Å². The number of hydrogen-bond acceptors (Lipinski definition) is 3. The molecule has 2 heterocycles. The van der Waals surface area contributed by atoms with Gasteiger partial charge in [-0.15, -0.1) is 0 Å². The first-order valence-electron chi connectivity index (χ1n) is 22.1. The molecular weight excluding hydrogens is 779 g/mol. The van der Waals surface area contributed by atoms with Crippen LogP contribution in [0.1, 0.15) is 25.0 Å². The molecule has 0 fully saturated rings. The van der Waals surface area contributed by atoms with Gasteiger partial charge in [0.2, 0.25) is 0 Å². The molecule has 3 heteroatoms. The van der Waals surface area contributed by atoms with E-state index < -0.39 is 0 Å². The number of anilines is 3. The number of para-hydroxylation sites is 3. The topological polar surface area (TPSA) is 25.6 Å². The molecule has 1 aliphatic heterocycles.